The first-order valence-electron chi connectivity index (χ1n) is 22.4. The molecule has 11 aromatic carbocycles. The van der Waals surface area contributed by atoms with Gasteiger partial charge in [0.2, 0.25) is 0 Å². The van der Waals surface area contributed by atoms with E-state index in [4.69, 9.17) is 4.42 Å². The van der Waals surface area contributed by atoms with Crippen LogP contribution in [0, 0.1) is 0 Å². The minimum atomic E-state index is -0.536. The minimum absolute atomic E-state index is 0.536. The average molecular weight is 828 g/mol. The Kier molecular flexibility index (Phi) is 8.47. The molecule has 0 N–H and O–H groups in total. The molecule has 0 amide bonds. The van der Waals surface area contributed by atoms with Crippen LogP contribution in [-0.4, -0.2) is 0 Å². The van der Waals surface area contributed by atoms with Gasteiger partial charge in [0, 0.05) is 33.1 Å². The van der Waals surface area contributed by atoms with Gasteiger partial charge in [0.15, 0.2) is 0 Å². The Morgan fingerprint density at radius 2 is 0.908 bits per heavy atom. The highest BCUT2D eigenvalue weighted by molar-refractivity contribution is 6.15. The van der Waals surface area contributed by atoms with Gasteiger partial charge in [-0.15, -0.1) is 0 Å². The number of hydrogen-bond donors (Lipinski definition) is 0. The fourth-order valence-corrected chi connectivity index (χ4v) is 10.8. The lowest BCUT2D eigenvalue weighted by molar-refractivity contribution is 0.673. The molecule has 0 aliphatic heterocycles. The molecule has 304 valence electrons. The molecular formula is C63H41NO. The summed E-state index contributed by atoms with van der Waals surface area (Å²) in [6, 6.07) is 90.9. The molecule has 1 heterocycles. The number of furan rings is 1. The second-order valence-electron chi connectivity index (χ2n) is 17.2. The molecular weight excluding hydrogens is 787 g/mol. The standard InChI is InChI=1S/C63H41NO/c1-3-18-48(19-4-1)63(49-20-5-2-6-21-49)58-25-13-11-24-54(58)55-38-35-51(41-59(55)63)64(50-33-29-43(30-34-50)46-28-27-42-15-7-8-17-45(42)39-46)60-26-14-12-22-52(60)47-32-36-56-57-37-31-44-16-9-10-23-53(44)62(57)65-61(56)40-47/h1-41H. The fraction of sp³-hybridized carbons (Fsp3) is 0.0159. The van der Waals surface area contributed by atoms with Crippen LogP contribution in [0.15, 0.2) is 253 Å². The summed E-state index contributed by atoms with van der Waals surface area (Å²) in [5.41, 5.74) is 16.6. The third-order valence-electron chi connectivity index (χ3n) is 13.7. The van der Waals surface area contributed by atoms with Gasteiger partial charge in [-0.2, -0.15) is 0 Å². The molecule has 12 aromatic rings. The summed E-state index contributed by atoms with van der Waals surface area (Å²) in [4.78, 5) is 2.44. The Hall–Kier alpha value is -8.46. The third-order valence-corrected chi connectivity index (χ3v) is 13.7. The van der Waals surface area contributed by atoms with Crippen molar-refractivity contribution in [2.24, 2.45) is 0 Å². The molecule has 1 aliphatic rings. The summed E-state index contributed by atoms with van der Waals surface area (Å²) in [7, 11) is 0. The molecule has 0 bridgehead atoms. The SMILES string of the molecule is c1ccc(C2(c3ccccc3)c3ccccc3-c3ccc(N(c4ccc(-c5ccc6ccccc6c5)cc4)c4ccccc4-c4ccc5c(c4)oc4c6ccccc6ccc54)cc32)cc1. The van der Waals surface area contributed by atoms with Gasteiger partial charge in [0.05, 0.1) is 11.1 Å². The molecule has 0 fully saturated rings. The van der Waals surface area contributed by atoms with Gasteiger partial charge >= 0.3 is 0 Å². The Morgan fingerprint density at radius 3 is 1.71 bits per heavy atom. The second-order valence-corrected chi connectivity index (χ2v) is 17.2. The number of rotatable bonds is 7. The van der Waals surface area contributed by atoms with Crippen LogP contribution < -0.4 is 4.90 Å². The number of benzene rings is 11. The summed E-state index contributed by atoms with van der Waals surface area (Å²) in [5, 5.41) is 7.02. The first-order chi connectivity index (χ1) is 32.2. The molecule has 0 saturated heterocycles. The van der Waals surface area contributed by atoms with Crippen molar-refractivity contribution < 1.29 is 4.42 Å². The van der Waals surface area contributed by atoms with E-state index in [0.717, 1.165) is 55.5 Å². The van der Waals surface area contributed by atoms with Gasteiger partial charge in [0.25, 0.3) is 0 Å². The van der Waals surface area contributed by atoms with E-state index in [9.17, 15) is 0 Å². The second kappa shape index (κ2) is 14.8. The molecule has 65 heavy (non-hydrogen) atoms. The molecule has 0 spiro atoms. The Labute approximate surface area is 377 Å². The van der Waals surface area contributed by atoms with E-state index in [1.54, 1.807) is 0 Å². The van der Waals surface area contributed by atoms with Crippen LogP contribution in [0.1, 0.15) is 22.3 Å². The van der Waals surface area contributed by atoms with Crippen molar-refractivity contribution in [2.75, 3.05) is 4.90 Å². The third kappa shape index (κ3) is 5.81. The predicted octanol–water partition coefficient (Wildman–Crippen LogP) is 17.1. The average Bonchev–Trinajstić information content (AvgIpc) is 3.91. The smallest absolute Gasteiger partial charge is 0.143 e. The van der Waals surface area contributed by atoms with Crippen LogP contribution in [0.25, 0.3) is 76.9 Å². The summed E-state index contributed by atoms with van der Waals surface area (Å²) in [5.74, 6) is 0. The normalized spacial score (nSPS) is 12.7. The molecule has 0 atom stereocenters. The van der Waals surface area contributed by atoms with Crippen molar-refractivity contribution >= 4 is 60.5 Å². The maximum Gasteiger partial charge on any atom is 0.143 e. The van der Waals surface area contributed by atoms with Crippen molar-refractivity contribution in [3.8, 4) is 33.4 Å². The van der Waals surface area contributed by atoms with E-state index in [1.807, 2.05) is 0 Å². The first-order valence-corrected chi connectivity index (χ1v) is 22.4. The van der Waals surface area contributed by atoms with Crippen molar-refractivity contribution in [3.05, 3.63) is 271 Å². The molecule has 2 nitrogen and oxygen atoms in total. The Morgan fingerprint density at radius 1 is 0.323 bits per heavy atom. The van der Waals surface area contributed by atoms with Crippen molar-refractivity contribution in [1.82, 2.24) is 0 Å². The minimum Gasteiger partial charge on any atom is -0.455 e. The van der Waals surface area contributed by atoms with Crippen LogP contribution in [0.2, 0.25) is 0 Å². The summed E-state index contributed by atoms with van der Waals surface area (Å²) < 4.78 is 6.75. The van der Waals surface area contributed by atoms with Crippen LogP contribution in [-0.2, 0) is 5.41 Å². The lowest BCUT2D eigenvalue weighted by atomic mass is 9.67. The van der Waals surface area contributed by atoms with Crippen LogP contribution >= 0.6 is 0 Å². The molecule has 0 saturated carbocycles. The number of para-hydroxylation sites is 1. The van der Waals surface area contributed by atoms with E-state index in [-0.39, 0.29) is 0 Å². The Balaban J connectivity index is 1.03. The van der Waals surface area contributed by atoms with Gasteiger partial charge < -0.3 is 9.32 Å². The topological polar surface area (TPSA) is 16.4 Å². The lowest BCUT2D eigenvalue weighted by Gasteiger charge is -2.35. The van der Waals surface area contributed by atoms with E-state index in [1.165, 1.54) is 60.7 Å². The predicted molar refractivity (Wildman–Crippen MR) is 272 cm³/mol. The quantitative estimate of drug-likeness (QED) is 0.159. The molecule has 1 aromatic heterocycles. The summed E-state index contributed by atoms with van der Waals surface area (Å²) in [6.45, 7) is 0. The van der Waals surface area contributed by atoms with E-state index in [2.05, 4.69) is 254 Å². The van der Waals surface area contributed by atoms with Crippen molar-refractivity contribution in [1.29, 1.82) is 0 Å². The van der Waals surface area contributed by atoms with Gasteiger partial charge in [-0.1, -0.05) is 194 Å². The zero-order chi connectivity index (χ0) is 42.9. The number of hydrogen-bond acceptors (Lipinski definition) is 2. The highest BCUT2D eigenvalue weighted by Crippen LogP contribution is 2.57. The van der Waals surface area contributed by atoms with Crippen LogP contribution in [0.5, 0.6) is 0 Å². The Bertz CT molecular complexity index is 3730. The number of fused-ring (bicyclic) bond motifs is 9. The zero-order valence-electron chi connectivity index (χ0n) is 35.5. The fourth-order valence-electron chi connectivity index (χ4n) is 10.8. The molecule has 2 heteroatoms. The first kappa shape index (κ1) is 37.1. The van der Waals surface area contributed by atoms with Crippen molar-refractivity contribution in [3.63, 3.8) is 0 Å². The maximum atomic E-state index is 6.75. The van der Waals surface area contributed by atoms with Gasteiger partial charge in [0.1, 0.15) is 11.2 Å². The van der Waals surface area contributed by atoms with E-state index < -0.39 is 5.41 Å². The summed E-state index contributed by atoms with van der Waals surface area (Å²) in [6.07, 6.45) is 0. The van der Waals surface area contributed by atoms with Crippen molar-refractivity contribution in [2.45, 2.75) is 5.41 Å². The van der Waals surface area contributed by atoms with E-state index in [0.29, 0.717) is 0 Å². The van der Waals surface area contributed by atoms with Gasteiger partial charge in [-0.05, 0) is 121 Å². The number of anilines is 3. The zero-order valence-corrected chi connectivity index (χ0v) is 35.5. The highest BCUT2D eigenvalue weighted by atomic mass is 16.3. The largest absolute Gasteiger partial charge is 0.455 e. The monoisotopic (exact) mass is 827 g/mol. The highest BCUT2D eigenvalue weighted by Gasteiger charge is 2.46. The molecule has 0 unspecified atom stereocenters. The number of nitrogens with zero attached hydrogens (tertiary/aromatic N) is 1. The van der Waals surface area contributed by atoms with Crippen LogP contribution in [0.4, 0.5) is 17.1 Å². The van der Waals surface area contributed by atoms with Gasteiger partial charge in [-0.3, -0.25) is 0 Å². The molecule has 0 radical (unpaired) electrons. The summed E-state index contributed by atoms with van der Waals surface area (Å²) >= 11 is 0. The van der Waals surface area contributed by atoms with E-state index >= 15 is 0 Å². The van der Waals surface area contributed by atoms with Crippen LogP contribution in [0.3, 0.4) is 0 Å². The molecule has 13 rings (SSSR count). The van der Waals surface area contributed by atoms with Gasteiger partial charge in [-0.25, -0.2) is 0 Å². The molecule has 1 aliphatic carbocycles. The lowest BCUT2D eigenvalue weighted by Crippen LogP contribution is -2.28. The maximum absolute atomic E-state index is 6.75.